The zero-order chi connectivity index (χ0) is 13.2. The molecule has 1 heterocycles. The summed E-state index contributed by atoms with van der Waals surface area (Å²) in [7, 11) is 0. The van der Waals surface area contributed by atoms with E-state index in [4.69, 9.17) is 5.11 Å². The van der Waals surface area contributed by atoms with Crippen LogP contribution >= 0.6 is 11.8 Å². The van der Waals surface area contributed by atoms with Crippen LogP contribution in [0.1, 0.15) is 27.9 Å². The second kappa shape index (κ2) is 5.05. The van der Waals surface area contributed by atoms with E-state index in [2.05, 4.69) is 23.2 Å². The maximum atomic E-state index is 10.8. The van der Waals surface area contributed by atoms with Gasteiger partial charge < -0.3 is 5.11 Å². The summed E-state index contributed by atoms with van der Waals surface area (Å²) < 4.78 is 0. The number of carboxylic acid groups (broad SMARTS) is 1. The van der Waals surface area contributed by atoms with Crippen LogP contribution in [0.5, 0.6) is 0 Å². The van der Waals surface area contributed by atoms with E-state index < -0.39 is 5.97 Å². The first-order valence-electron chi connectivity index (χ1n) is 6.21. The molecule has 4 heteroatoms. The molecule has 0 fully saturated rings. The molecular formula is C15H13NO2S. The molecule has 2 aromatic rings. The van der Waals surface area contributed by atoms with Crippen LogP contribution in [0.2, 0.25) is 0 Å². The van der Waals surface area contributed by atoms with Crippen molar-refractivity contribution in [1.82, 2.24) is 4.98 Å². The topological polar surface area (TPSA) is 50.2 Å². The summed E-state index contributed by atoms with van der Waals surface area (Å²) in [5.74, 6) is -0.943. The van der Waals surface area contributed by atoms with Crippen LogP contribution in [0.4, 0.5) is 0 Å². The molecule has 0 aliphatic heterocycles. The molecular weight excluding hydrogens is 258 g/mol. The average Bonchev–Trinajstić information content (AvgIpc) is 2.87. The van der Waals surface area contributed by atoms with Gasteiger partial charge in [0.15, 0.2) is 0 Å². The van der Waals surface area contributed by atoms with Crippen molar-refractivity contribution in [3.63, 3.8) is 0 Å². The van der Waals surface area contributed by atoms with E-state index in [0.29, 0.717) is 0 Å². The average molecular weight is 271 g/mol. The van der Waals surface area contributed by atoms with Crippen molar-refractivity contribution in [2.45, 2.75) is 29.2 Å². The van der Waals surface area contributed by atoms with Crippen molar-refractivity contribution in [2.24, 2.45) is 0 Å². The van der Waals surface area contributed by atoms with Crippen molar-refractivity contribution in [2.75, 3.05) is 0 Å². The van der Waals surface area contributed by atoms with Crippen LogP contribution < -0.4 is 0 Å². The third-order valence-corrected chi connectivity index (χ3v) is 4.22. The van der Waals surface area contributed by atoms with Crippen molar-refractivity contribution in [1.29, 1.82) is 0 Å². The second-order valence-corrected chi connectivity index (χ2v) is 5.67. The van der Waals surface area contributed by atoms with Gasteiger partial charge in [0.1, 0.15) is 5.03 Å². The Hall–Kier alpha value is -1.81. The Balaban J connectivity index is 1.79. The minimum atomic E-state index is -0.943. The molecule has 1 aromatic carbocycles. The van der Waals surface area contributed by atoms with Gasteiger partial charge in [0.2, 0.25) is 0 Å². The molecule has 0 bridgehead atoms. The third-order valence-electron chi connectivity index (χ3n) is 3.28. The van der Waals surface area contributed by atoms with E-state index >= 15 is 0 Å². The Labute approximate surface area is 115 Å². The fourth-order valence-electron chi connectivity index (χ4n) is 2.30. The first-order valence-corrected chi connectivity index (χ1v) is 7.03. The highest BCUT2D eigenvalue weighted by Crippen LogP contribution is 2.31. The molecule has 0 saturated carbocycles. The molecule has 3 nitrogen and oxygen atoms in total. The number of hydrogen-bond acceptors (Lipinski definition) is 3. The van der Waals surface area contributed by atoms with Crippen LogP contribution in [0, 0.1) is 0 Å². The van der Waals surface area contributed by atoms with E-state index in [1.54, 1.807) is 23.9 Å². The normalized spacial score (nSPS) is 13.3. The van der Waals surface area contributed by atoms with Crippen LogP contribution in [-0.2, 0) is 12.8 Å². The van der Waals surface area contributed by atoms with Gasteiger partial charge in [-0.05, 0) is 54.7 Å². The van der Waals surface area contributed by atoms with Crippen LogP contribution in [0.15, 0.2) is 46.5 Å². The van der Waals surface area contributed by atoms with E-state index in [9.17, 15) is 4.79 Å². The predicted molar refractivity (Wildman–Crippen MR) is 73.8 cm³/mol. The van der Waals surface area contributed by atoms with Gasteiger partial charge in [-0.25, -0.2) is 9.78 Å². The molecule has 0 spiro atoms. The molecule has 19 heavy (non-hydrogen) atoms. The highest BCUT2D eigenvalue weighted by atomic mass is 32.2. The number of carbonyl (C=O) groups is 1. The standard InChI is InChI=1S/C15H13NO2S/c17-15(18)12-5-7-14(16-9-12)19-13-6-4-10-2-1-3-11(10)8-13/h4-9H,1-3H2,(H,17,18). The molecule has 3 rings (SSSR count). The molecule has 0 saturated heterocycles. The van der Waals surface area contributed by atoms with Gasteiger partial charge in [-0.3, -0.25) is 0 Å². The fourth-order valence-corrected chi connectivity index (χ4v) is 3.12. The van der Waals surface area contributed by atoms with Crippen LogP contribution in [0.3, 0.4) is 0 Å². The number of aryl methyl sites for hydroxylation is 2. The molecule has 0 atom stereocenters. The maximum Gasteiger partial charge on any atom is 0.337 e. The Morgan fingerprint density at radius 2 is 2.00 bits per heavy atom. The second-order valence-electron chi connectivity index (χ2n) is 4.58. The molecule has 1 aliphatic carbocycles. The fraction of sp³-hybridized carbons (Fsp3) is 0.200. The summed E-state index contributed by atoms with van der Waals surface area (Å²) in [6, 6.07) is 9.87. The Bertz CT molecular complexity index is 623. The number of nitrogens with zero attached hydrogens (tertiary/aromatic N) is 1. The van der Waals surface area contributed by atoms with E-state index in [0.717, 1.165) is 16.3 Å². The van der Waals surface area contributed by atoms with Gasteiger partial charge in [-0.1, -0.05) is 17.8 Å². The van der Waals surface area contributed by atoms with Gasteiger partial charge in [0, 0.05) is 11.1 Å². The summed E-state index contributed by atoms with van der Waals surface area (Å²) in [6.45, 7) is 0. The van der Waals surface area contributed by atoms with Crippen LogP contribution in [0.25, 0.3) is 0 Å². The first-order chi connectivity index (χ1) is 9.22. The molecule has 1 aromatic heterocycles. The number of rotatable bonds is 3. The Morgan fingerprint density at radius 3 is 2.74 bits per heavy atom. The van der Waals surface area contributed by atoms with Gasteiger partial charge in [-0.2, -0.15) is 0 Å². The third kappa shape index (κ3) is 2.63. The van der Waals surface area contributed by atoms with Gasteiger partial charge in [-0.15, -0.1) is 0 Å². The summed E-state index contributed by atoms with van der Waals surface area (Å²) in [6.07, 6.45) is 4.99. The molecule has 96 valence electrons. The van der Waals surface area contributed by atoms with Crippen LogP contribution in [-0.4, -0.2) is 16.1 Å². The Morgan fingerprint density at radius 1 is 1.16 bits per heavy atom. The Kier molecular flexibility index (Phi) is 3.25. The molecule has 1 N–H and O–H groups in total. The van der Waals surface area contributed by atoms with Gasteiger partial charge in [0.05, 0.1) is 5.56 Å². The lowest BCUT2D eigenvalue weighted by molar-refractivity contribution is 0.0696. The first kappa shape index (κ1) is 12.2. The van der Waals surface area contributed by atoms with Crippen molar-refractivity contribution >= 4 is 17.7 Å². The summed E-state index contributed by atoms with van der Waals surface area (Å²) in [5.41, 5.74) is 3.11. The number of aromatic carboxylic acids is 1. The number of carboxylic acids is 1. The number of fused-ring (bicyclic) bond motifs is 1. The SMILES string of the molecule is O=C(O)c1ccc(Sc2ccc3c(c2)CCC3)nc1. The van der Waals surface area contributed by atoms with Crippen molar-refractivity contribution < 1.29 is 9.90 Å². The largest absolute Gasteiger partial charge is 0.478 e. The van der Waals surface area contributed by atoms with E-state index in [-0.39, 0.29) is 5.56 Å². The molecule has 0 unspecified atom stereocenters. The minimum Gasteiger partial charge on any atom is -0.478 e. The van der Waals surface area contributed by atoms with Gasteiger partial charge >= 0.3 is 5.97 Å². The molecule has 0 radical (unpaired) electrons. The lowest BCUT2D eigenvalue weighted by atomic mass is 10.1. The number of aromatic nitrogens is 1. The van der Waals surface area contributed by atoms with Crippen molar-refractivity contribution in [3.8, 4) is 0 Å². The monoisotopic (exact) mass is 271 g/mol. The van der Waals surface area contributed by atoms with E-state index in [1.807, 2.05) is 0 Å². The zero-order valence-corrected chi connectivity index (χ0v) is 11.1. The number of pyridine rings is 1. The zero-order valence-electron chi connectivity index (χ0n) is 10.3. The van der Waals surface area contributed by atoms with Gasteiger partial charge in [0.25, 0.3) is 0 Å². The van der Waals surface area contributed by atoms with Crippen molar-refractivity contribution in [3.05, 3.63) is 53.2 Å². The lowest BCUT2D eigenvalue weighted by Gasteiger charge is -2.04. The summed E-state index contributed by atoms with van der Waals surface area (Å²) in [4.78, 5) is 16.1. The number of hydrogen-bond donors (Lipinski definition) is 1. The predicted octanol–water partition coefficient (Wildman–Crippen LogP) is 3.42. The maximum absolute atomic E-state index is 10.8. The quantitative estimate of drug-likeness (QED) is 0.929. The lowest BCUT2D eigenvalue weighted by Crippen LogP contribution is -1.96. The van der Waals surface area contributed by atoms with E-state index in [1.165, 1.54) is 30.2 Å². The smallest absolute Gasteiger partial charge is 0.337 e. The number of benzene rings is 1. The summed E-state index contributed by atoms with van der Waals surface area (Å²) >= 11 is 1.57. The minimum absolute atomic E-state index is 0.221. The summed E-state index contributed by atoms with van der Waals surface area (Å²) in [5, 5.41) is 9.65. The highest BCUT2D eigenvalue weighted by molar-refractivity contribution is 7.99. The molecule has 0 amide bonds. The molecule has 1 aliphatic rings. The highest BCUT2D eigenvalue weighted by Gasteiger charge is 2.11.